The maximum atomic E-state index is 16.2. The number of rotatable bonds is 14. The molecule has 3 aliphatic rings. The Kier molecular flexibility index (Phi) is 13.4. The molecule has 3 amide bonds. The number of hydrogen-bond donors (Lipinski definition) is 3. The number of carbonyl (C=O) groups excluding carboxylic acids is 4. The molecule has 2 saturated heterocycles. The van der Waals surface area contributed by atoms with Crippen LogP contribution in [0.5, 0.6) is 0 Å². The number of aryl methyl sites for hydroxylation is 1. The average Bonchev–Trinajstić information content (AvgIpc) is 3.90. The monoisotopic (exact) mass is 774 g/mol. The lowest BCUT2D eigenvalue weighted by Crippen LogP contribution is -2.62. The Hall–Kier alpha value is -4.47. The van der Waals surface area contributed by atoms with E-state index in [9.17, 15) is 19.2 Å². The number of carbonyl (C=O) groups is 4. The van der Waals surface area contributed by atoms with Gasteiger partial charge in [0, 0.05) is 57.6 Å². The number of anilines is 1. The fraction of sp³-hybridized carbons (Fsp3) is 0.610. The molecular weight excluding hydrogens is 716 g/mol. The van der Waals surface area contributed by atoms with Gasteiger partial charge in [-0.25, -0.2) is 4.39 Å². The lowest BCUT2D eigenvalue weighted by Gasteiger charge is -2.42. The van der Waals surface area contributed by atoms with E-state index >= 15 is 4.39 Å². The molecule has 3 N–H and O–H groups in total. The van der Waals surface area contributed by atoms with E-state index in [0.29, 0.717) is 42.5 Å². The Morgan fingerprint density at radius 1 is 0.893 bits per heavy atom. The number of aromatic nitrogens is 4. The Balaban J connectivity index is 1.23. The molecule has 1 aliphatic carbocycles. The second-order valence-electron chi connectivity index (χ2n) is 16.3. The van der Waals surface area contributed by atoms with E-state index < -0.39 is 41.0 Å². The zero-order chi connectivity index (χ0) is 40.0. The van der Waals surface area contributed by atoms with Crippen LogP contribution in [0.25, 0.3) is 0 Å². The Bertz CT molecular complexity index is 1820. The summed E-state index contributed by atoms with van der Waals surface area (Å²) in [6, 6.07) is 7.00. The van der Waals surface area contributed by atoms with Crippen molar-refractivity contribution in [3.8, 4) is 0 Å². The molecule has 1 saturated carbocycles. The number of hydrogen-bond acceptors (Lipinski definition) is 9. The van der Waals surface area contributed by atoms with Crippen LogP contribution in [0.3, 0.4) is 0 Å². The number of amides is 3. The first-order chi connectivity index (χ1) is 26.9. The molecule has 2 aliphatic heterocycles. The van der Waals surface area contributed by atoms with Crippen LogP contribution in [0.1, 0.15) is 97.8 Å². The second kappa shape index (κ2) is 18.2. The number of aldehydes is 1. The van der Waals surface area contributed by atoms with E-state index in [4.69, 9.17) is 0 Å². The van der Waals surface area contributed by atoms with Crippen LogP contribution < -0.4 is 16.0 Å². The maximum Gasteiger partial charge on any atom is 0.270 e. The van der Waals surface area contributed by atoms with Gasteiger partial charge >= 0.3 is 0 Å². The third kappa shape index (κ3) is 9.38. The zero-order valence-corrected chi connectivity index (χ0v) is 33.5. The van der Waals surface area contributed by atoms with Crippen LogP contribution >= 0.6 is 0 Å². The first kappa shape index (κ1) is 41.2. The van der Waals surface area contributed by atoms with Gasteiger partial charge in [0.15, 0.2) is 0 Å². The van der Waals surface area contributed by atoms with E-state index in [-0.39, 0.29) is 24.2 Å². The molecule has 14 nitrogen and oxygen atoms in total. The van der Waals surface area contributed by atoms with Crippen LogP contribution in [0.2, 0.25) is 0 Å². The summed E-state index contributed by atoms with van der Waals surface area (Å²) in [7, 11) is 4.13. The molecule has 0 spiro atoms. The van der Waals surface area contributed by atoms with Crippen molar-refractivity contribution < 1.29 is 23.6 Å². The molecule has 304 valence electrons. The van der Waals surface area contributed by atoms with Crippen molar-refractivity contribution in [3.05, 3.63) is 65.5 Å². The molecule has 0 bridgehead atoms. The largest absolute Gasteiger partial charge is 0.339 e. The summed E-state index contributed by atoms with van der Waals surface area (Å²) in [5.41, 5.74) is -0.217. The highest BCUT2D eigenvalue weighted by Gasteiger charge is 2.42. The van der Waals surface area contributed by atoms with Gasteiger partial charge in [0.05, 0.1) is 11.7 Å². The summed E-state index contributed by atoms with van der Waals surface area (Å²) in [5.74, 6) is -2.23. The fourth-order valence-electron chi connectivity index (χ4n) is 8.55. The van der Waals surface area contributed by atoms with Crippen molar-refractivity contribution in [1.29, 1.82) is 0 Å². The SMILES string of the molecule is CCn1nccc1C(=O)N[C@H](C(=O)Nc1ccc([C@H](C)[C@@](C=O)(CN2CCN(C)CC2)NC(=O)c2ccnn2C2CCN(C)CC2)cc1F)[C@H]1CC[C@H](C)CC1. The summed E-state index contributed by atoms with van der Waals surface area (Å²) >= 11 is 0. The van der Waals surface area contributed by atoms with Gasteiger partial charge in [-0.1, -0.05) is 32.8 Å². The van der Waals surface area contributed by atoms with Gasteiger partial charge in [-0.05, 0) is 101 Å². The lowest BCUT2D eigenvalue weighted by molar-refractivity contribution is -0.119. The fourth-order valence-corrected chi connectivity index (χ4v) is 8.55. The van der Waals surface area contributed by atoms with Crippen molar-refractivity contribution in [3.63, 3.8) is 0 Å². The average molecular weight is 775 g/mol. The molecule has 0 radical (unpaired) electrons. The van der Waals surface area contributed by atoms with E-state index in [1.165, 1.54) is 12.1 Å². The van der Waals surface area contributed by atoms with Crippen molar-refractivity contribution in [2.24, 2.45) is 11.8 Å². The number of likely N-dealkylation sites (tertiary alicyclic amines) is 1. The normalized spacial score (nSPS) is 22.5. The van der Waals surface area contributed by atoms with Crippen LogP contribution in [-0.2, 0) is 16.1 Å². The Morgan fingerprint density at radius 2 is 1.55 bits per heavy atom. The minimum Gasteiger partial charge on any atom is -0.339 e. The van der Waals surface area contributed by atoms with Gasteiger partial charge in [-0.15, -0.1) is 0 Å². The predicted octanol–water partition coefficient (Wildman–Crippen LogP) is 3.79. The van der Waals surface area contributed by atoms with Crippen LogP contribution in [0, 0.1) is 17.7 Å². The smallest absolute Gasteiger partial charge is 0.270 e. The third-order valence-corrected chi connectivity index (χ3v) is 12.4. The quantitative estimate of drug-likeness (QED) is 0.208. The molecule has 3 fully saturated rings. The molecular formula is C41H59FN10O4. The lowest BCUT2D eigenvalue weighted by atomic mass is 9.79. The van der Waals surface area contributed by atoms with Crippen molar-refractivity contribution in [1.82, 2.24) is 44.9 Å². The van der Waals surface area contributed by atoms with Gasteiger partial charge in [0.2, 0.25) is 5.91 Å². The number of benzene rings is 1. The van der Waals surface area contributed by atoms with Gasteiger partial charge in [-0.3, -0.25) is 28.6 Å². The second-order valence-corrected chi connectivity index (χ2v) is 16.3. The topological polar surface area (TPSA) is 150 Å². The number of likely N-dealkylation sites (N-methyl/N-ethyl adjacent to an activating group) is 1. The van der Waals surface area contributed by atoms with Gasteiger partial charge in [0.1, 0.15) is 35.1 Å². The van der Waals surface area contributed by atoms with Crippen LogP contribution in [0.4, 0.5) is 10.1 Å². The third-order valence-electron chi connectivity index (χ3n) is 12.4. The zero-order valence-electron chi connectivity index (χ0n) is 33.5. The van der Waals surface area contributed by atoms with Crippen LogP contribution in [-0.4, -0.2) is 130 Å². The standard InChI is InChI=1S/C41H59FN10O4/c1-6-51-35(13-17-43-51)38(54)46-37(30-9-7-28(2)8-10-30)40(56)45-34-12-11-31(25-33(34)42)29(3)41(27-53,26-50-23-21-49(5)22-24-50)47-39(55)36-14-18-44-52(36)32-15-19-48(4)20-16-32/h11-14,17-18,25,27-30,32,37H,6-10,15-16,19-24,26H2,1-5H3,(H,45,56)(H,46,54)(H,47,55)/t28-,29-,30-,37-,41-/m0/s1. The van der Waals surface area contributed by atoms with Gasteiger partial charge in [0.25, 0.3) is 11.8 Å². The molecule has 3 atom stereocenters. The predicted molar refractivity (Wildman–Crippen MR) is 212 cm³/mol. The summed E-state index contributed by atoms with van der Waals surface area (Å²) in [6.07, 6.45) is 9.06. The summed E-state index contributed by atoms with van der Waals surface area (Å²) in [4.78, 5) is 61.5. The summed E-state index contributed by atoms with van der Waals surface area (Å²) < 4.78 is 19.5. The first-order valence-electron chi connectivity index (χ1n) is 20.3. The summed E-state index contributed by atoms with van der Waals surface area (Å²) in [6.45, 7) is 11.5. The highest BCUT2D eigenvalue weighted by molar-refractivity contribution is 6.01. The molecule has 3 aromatic rings. The van der Waals surface area contributed by atoms with Gasteiger partial charge in [-0.2, -0.15) is 10.2 Å². The Labute approximate surface area is 329 Å². The summed E-state index contributed by atoms with van der Waals surface area (Å²) in [5, 5.41) is 17.5. The highest BCUT2D eigenvalue weighted by Crippen LogP contribution is 2.34. The number of piperidine rings is 1. The van der Waals surface area contributed by atoms with Crippen molar-refractivity contribution in [2.45, 2.75) is 89.4 Å². The molecule has 1 aromatic carbocycles. The van der Waals surface area contributed by atoms with E-state index in [0.717, 1.165) is 71.0 Å². The van der Waals surface area contributed by atoms with Gasteiger partial charge < -0.3 is 30.5 Å². The van der Waals surface area contributed by atoms with E-state index in [2.05, 4.69) is 61.9 Å². The molecule has 0 unspecified atom stereocenters. The minimum atomic E-state index is -1.41. The number of nitrogens with one attached hydrogen (secondary N) is 3. The highest BCUT2D eigenvalue weighted by atomic mass is 19.1. The first-order valence-corrected chi connectivity index (χ1v) is 20.3. The number of nitrogens with zero attached hydrogens (tertiary/aromatic N) is 7. The van der Waals surface area contributed by atoms with E-state index in [1.807, 2.05) is 13.8 Å². The molecule has 56 heavy (non-hydrogen) atoms. The molecule has 6 rings (SSSR count). The number of piperazine rings is 1. The molecule has 2 aromatic heterocycles. The van der Waals surface area contributed by atoms with Crippen molar-refractivity contribution >= 4 is 29.7 Å². The molecule has 4 heterocycles. The Morgan fingerprint density at radius 3 is 2.21 bits per heavy atom. The minimum absolute atomic E-state index is 0.0326. The molecule has 15 heteroatoms. The van der Waals surface area contributed by atoms with Crippen molar-refractivity contribution in [2.75, 3.05) is 65.2 Å². The number of halogens is 1. The van der Waals surface area contributed by atoms with E-state index in [1.54, 1.807) is 40.0 Å². The van der Waals surface area contributed by atoms with Crippen LogP contribution in [0.15, 0.2) is 42.7 Å². The maximum absolute atomic E-state index is 16.2.